The fourth-order valence-corrected chi connectivity index (χ4v) is 2.30. The van der Waals surface area contributed by atoms with E-state index in [9.17, 15) is 4.79 Å². The van der Waals surface area contributed by atoms with Crippen LogP contribution in [0.15, 0.2) is 46.9 Å². The molecule has 2 aromatic rings. The molecule has 2 aromatic carbocycles. The van der Waals surface area contributed by atoms with E-state index in [1.807, 2.05) is 24.3 Å². The molecule has 0 radical (unpaired) electrons. The van der Waals surface area contributed by atoms with Crippen molar-refractivity contribution < 1.29 is 19.4 Å². The number of carboxylic acids is 1. The maximum atomic E-state index is 11.0. The summed E-state index contributed by atoms with van der Waals surface area (Å²) in [6.45, 7) is 0.674. The fourth-order valence-electron chi connectivity index (χ4n) is 1.83. The molecule has 0 atom stereocenters. The minimum absolute atomic E-state index is 0.177. The third-order valence-electron chi connectivity index (χ3n) is 2.87. The second kappa shape index (κ2) is 7.24. The van der Waals surface area contributed by atoms with Gasteiger partial charge in [0.1, 0.15) is 11.5 Å². The molecule has 0 bridgehead atoms. The van der Waals surface area contributed by atoms with E-state index in [0.717, 1.165) is 12.0 Å². The Hall–Kier alpha value is -1.85. The van der Waals surface area contributed by atoms with E-state index in [1.165, 1.54) is 12.1 Å². The normalized spacial score (nSPS) is 10.4. The minimum atomic E-state index is -0.990. The van der Waals surface area contributed by atoms with E-state index in [1.54, 1.807) is 13.2 Å². The Morgan fingerprint density at radius 3 is 2.48 bits per heavy atom. The summed E-state index contributed by atoms with van der Waals surface area (Å²) in [5.74, 6) is 0.146. The molecule has 0 aliphatic heterocycles. The number of aromatic carboxylic acids is 1. The Labute approximate surface area is 131 Å². The van der Waals surface area contributed by atoms with Gasteiger partial charge < -0.3 is 14.6 Å². The highest BCUT2D eigenvalue weighted by Crippen LogP contribution is 2.26. The number of ether oxygens (including phenoxy) is 2. The first-order valence-electron chi connectivity index (χ1n) is 6.38. The van der Waals surface area contributed by atoms with Crippen molar-refractivity contribution in [2.45, 2.75) is 6.42 Å². The number of halogens is 1. The zero-order valence-electron chi connectivity index (χ0n) is 11.5. The first-order valence-corrected chi connectivity index (χ1v) is 7.17. The van der Waals surface area contributed by atoms with Gasteiger partial charge in [-0.3, -0.25) is 0 Å². The van der Waals surface area contributed by atoms with Crippen molar-refractivity contribution in [1.29, 1.82) is 0 Å². The summed E-state index contributed by atoms with van der Waals surface area (Å²) in [5, 5.41) is 9.03. The van der Waals surface area contributed by atoms with Gasteiger partial charge in [0.2, 0.25) is 0 Å². The van der Waals surface area contributed by atoms with Crippen molar-refractivity contribution in [3.05, 3.63) is 58.1 Å². The third-order valence-corrected chi connectivity index (χ3v) is 3.33. The quantitative estimate of drug-likeness (QED) is 0.850. The monoisotopic (exact) mass is 350 g/mol. The summed E-state index contributed by atoms with van der Waals surface area (Å²) < 4.78 is 11.4. The molecule has 0 saturated carbocycles. The minimum Gasteiger partial charge on any atom is -0.478 e. The molecule has 4 nitrogen and oxygen atoms in total. The van der Waals surface area contributed by atoms with E-state index >= 15 is 0 Å². The van der Waals surface area contributed by atoms with Crippen LogP contribution in [-0.4, -0.2) is 24.8 Å². The van der Waals surface area contributed by atoms with Crippen LogP contribution in [0.2, 0.25) is 0 Å². The van der Waals surface area contributed by atoms with Crippen molar-refractivity contribution >= 4 is 21.9 Å². The molecule has 0 unspecified atom stereocenters. The molecule has 0 spiro atoms. The Morgan fingerprint density at radius 2 is 1.86 bits per heavy atom. The Kier molecular flexibility index (Phi) is 5.36. The summed E-state index contributed by atoms with van der Waals surface area (Å²) in [6.07, 6.45) is 0.844. The van der Waals surface area contributed by atoms with Crippen LogP contribution in [0, 0.1) is 0 Å². The molecular formula is C16H15BrO4. The van der Waals surface area contributed by atoms with Crippen LogP contribution >= 0.6 is 15.9 Å². The summed E-state index contributed by atoms with van der Waals surface area (Å²) >= 11 is 3.28. The number of methoxy groups -OCH3 is 1. The topological polar surface area (TPSA) is 55.8 Å². The maximum absolute atomic E-state index is 11.0. The van der Waals surface area contributed by atoms with Crippen LogP contribution in [0.3, 0.4) is 0 Å². The molecule has 0 aromatic heterocycles. The standard InChI is InChI=1S/C16H15BrO4/c1-20-7-6-11-2-4-14(5-3-11)21-15-9-12(16(18)19)8-13(17)10-15/h2-5,8-10H,6-7H2,1H3,(H,18,19). The second-order valence-electron chi connectivity index (χ2n) is 4.47. The van der Waals surface area contributed by atoms with Crippen LogP contribution in [-0.2, 0) is 11.2 Å². The lowest BCUT2D eigenvalue weighted by Crippen LogP contribution is -1.97. The Balaban J connectivity index is 2.12. The van der Waals surface area contributed by atoms with Crippen molar-refractivity contribution in [2.75, 3.05) is 13.7 Å². The van der Waals surface area contributed by atoms with Gasteiger partial charge in [0, 0.05) is 11.6 Å². The van der Waals surface area contributed by atoms with Gasteiger partial charge in [-0.1, -0.05) is 28.1 Å². The molecular weight excluding hydrogens is 336 g/mol. The van der Waals surface area contributed by atoms with Crippen molar-refractivity contribution in [1.82, 2.24) is 0 Å². The second-order valence-corrected chi connectivity index (χ2v) is 5.39. The van der Waals surface area contributed by atoms with E-state index in [0.29, 0.717) is 22.6 Å². The van der Waals surface area contributed by atoms with Crippen molar-refractivity contribution in [3.8, 4) is 11.5 Å². The summed E-state index contributed by atoms with van der Waals surface area (Å²) in [4.78, 5) is 11.0. The molecule has 0 heterocycles. The predicted molar refractivity (Wildman–Crippen MR) is 83.2 cm³/mol. The van der Waals surface area contributed by atoms with Crippen LogP contribution in [0.1, 0.15) is 15.9 Å². The number of hydrogen-bond acceptors (Lipinski definition) is 3. The number of carboxylic acid groups (broad SMARTS) is 1. The molecule has 0 saturated heterocycles. The number of hydrogen-bond donors (Lipinski definition) is 1. The summed E-state index contributed by atoms with van der Waals surface area (Å²) in [7, 11) is 1.67. The highest BCUT2D eigenvalue weighted by atomic mass is 79.9. The lowest BCUT2D eigenvalue weighted by Gasteiger charge is -2.08. The Morgan fingerprint density at radius 1 is 1.14 bits per heavy atom. The third kappa shape index (κ3) is 4.58. The number of rotatable bonds is 6. The highest BCUT2D eigenvalue weighted by Gasteiger charge is 2.07. The van der Waals surface area contributed by atoms with Crippen LogP contribution in [0.4, 0.5) is 0 Å². The molecule has 1 N–H and O–H groups in total. The van der Waals surface area contributed by atoms with Crippen molar-refractivity contribution in [2.24, 2.45) is 0 Å². The average Bonchev–Trinajstić information content (AvgIpc) is 2.46. The molecule has 0 amide bonds. The zero-order chi connectivity index (χ0) is 15.2. The van der Waals surface area contributed by atoms with E-state index < -0.39 is 5.97 Å². The van der Waals surface area contributed by atoms with Gasteiger partial charge in [0.15, 0.2) is 0 Å². The van der Waals surface area contributed by atoms with E-state index in [-0.39, 0.29) is 5.56 Å². The number of carbonyl (C=O) groups is 1. The molecule has 5 heteroatoms. The molecule has 0 aliphatic rings. The summed E-state index contributed by atoms with van der Waals surface area (Å²) in [5.41, 5.74) is 1.33. The molecule has 0 aliphatic carbocycles. The molecule has 21 heavy (non-hydrogen) atoms. The zero-order valence-corrected chi connectivity index (χ0v) is 13.1. The average molecular weight is 351 g/mol. The van der Waals surface area contributed by atoms with Crippen LogP contribution in [0.25, 0.3) is 0 Å². The van der Waals surface area contributed by atoms with Gasteiger partial charge >= 0.3 is 5.97 Å². The van der Waals surface area contributed by atoms with Crippen LogP contribution in [0.5, 0.6) is 11.5 Å². The molecule has 0 fully saturated rings. The van der Waals surface area contributed by atoms with Gasteiger partial charge in [-0.05, 0) is 42.3 Å². The Bertz CT molecular complexity index is 623. The summed E-state index contributed by atoms with van der Waals surface area (Å²) in [6, 6.07) is 12.4. The van der Waals surface area contributed by atoms with Crippen LogP contribution < -0.4 is 4.74 Å². The fraction of sp³-hybridized carbons (Fsp3) is 0.188. The SMILES string of the molecule is COCCc1ccc(Oc2cc(Br)cc(C(=O)O)c2)cc1. The molecule has 110 valence electrons. The van der Waals surface area contributed by atoms with Gasteiger partial charge in [-0.25, -0.2) is 4.79 Å². The predicted octanol–water partition coefficient (Wildman–Crippen LogP) is 4.13. The van der Waals surface area contributed by atoms with E-state index in [2.05, 4.69) is 15.9 Å². The maximum Gasteiger partial charge on any atom is 0.335 e. The van der Waals surface area contributed by atoms with E-state index in [4.69, 9.17) is 14.6 Å². The number of benzene rings is 2. The first-order chi connectivity index (χ1) is 10.1. The molecule has 2 rings (SSSR count). The van der Waals surface area contributed by atoms with Crippen molar-refractivity contribution in [3.63, 3.8) is 0 Å². The van der Waals surface area contributed by atoms with Gasteiger partial charge in [-0.15, -0.1) is 0 Å². The smallest absolute Gasteiger partial charge is 0.335 e. The lowest BCUT2D eigenvalue weighted by atomic mass is 10.1. The largest absolute Gasteiger partial charge is 0.478 e. The van der Waals surface area contributed by atoms with Gasteiger partial charge in [-0.2, -0.15) is 0 Å². The van der Waals surface area contributed by atoms with Gasteiger partial charge in [0.05, 0.1) is 12.2 Å². The van der Waals surface area contributed by atoms with Gasteiger partial charge in [0.25, 0.3) is 0 Å². The first kappa shape index (κ1) is 15.5. The highest BCUT2D eigenvalue weighted by molar-refractivity contribution is 9.10. The lowest BCUT2D eigenvalue weighted by molar-refractivity contribution is 0.0696.